The molecule has 0 aliphatic carbocycles. The van der Waals surface area contributed by atoms with Crippen LogP contribution in [0.2, 0.25) is 15.2 Å². The number of rotatable bonds is 6. The molecule has 0 spiro atoms. The fourth-order valence-corrected chi connectivity index (χ4v) is 2.82. The predicted molar refractivity (Wildman–Crippen MR) is 115 cm³/mol. The molecule has 0 saturated carbocycles. The Bertz CT molecular complexity index is 1110. The number of methoxy groups -OCH3 is 1. The van der Waals surface area contributed by atoms with Crippen LogP contribution in [0.5, 0.6) is 11.5 Å². The Kier molecular flexibility index (Phi) is 7.10. The topological polar surface area (TPSA) is 72.8 Å². The third-order valence-corrected chi connectivity index (χ3v) is 4.70. The molecule has 3 rings (SSSR count). The molecule has 0 unspecified atom stereocenters. The van der Waals surface area contributed by atoms with Crippen LogP contribution in [0.25, 0.3) is 0 Å². The van der Waals surface area contributed by atoms with Crippen LogP contribution in [-0.4, -0.2) is 24.3 Å². The third-order valence-electron chi connectivity index (χ3n) is 3.74. The molecule has 0 saturated heterocycles. The van der Waals surface area contributed by atoms with Gasteiger partial charge in [-0.05, 0) is 54.1 Å². The number of hydrogen-bond acceptors (Lipinski definition) is 6. The zero-order valence-corrected chi connectivity index (χ0v) is 17.6. The van der Waals surface area contributed by atoms with Gasteiger partial charge in [0, 0.05) is 0 Å². The van der Waals surface area contributed by atoms with Crippen LogP contribution in [0.3, 0.4) is 0 Å². The quantitative estimate of drug-likeness (QED) is 0.161. The first-order chi connectivity index (χ1) is 14.4. The van der Waals surface area contributed by atoms with E-state index in [4.69, 9.17) is 44.3 Å². The van der Waals surface area contributed by atoms with Crippen molar-refractivity contribution in [2.45, 2.75) is 0 Å². The highest BCUT2D eigenvalue weighted by Crippen LogP contribution is 2.30. The molecule has 0 fully saturated rings. The maximum absolute atomic E-state index is 13.0. The lowest BCUT2D eigenvalue weighted by molar-refractivity contribution is 0.0729. The lowest BCUT2D eigenvalue weighted by Gasteiger charge is -2.10. The highest BCUT2D eigenvalue weighted by molar-refractivity contribution is 6.42. The van der Waals surface area contributed by atoms with E-state index in [0.29, 0.717) is 11.3 Å². The number of anilines is 1. The lowest BCUT2D eigenvalue weighted by Crippen LogP contribution is -2.09. The Morgan fingerprint density at radius 3 is 2.50 bits per heavy atom. The van der Waals surface area contributed by atoms with Crippen molar-refractivity contribution in [1.29, 1.82) is 0 Å². The van der Waals surface area contributed by atoms with Crippen LogP contribution in [0.4, 0.5) is 10.2 Å². The summed E-state index contributed by atoms with van der Waals surface area (Å²) in [5.41, 5.74) is 3.51. The monoisotopic (exact) mass is 467 g/mol. The van der Waals surface area contributed by atoms with Crippen LogP contribution >= 0.6 is 34.8 Å². The van der Waals surface area contributed by atoms with Gasteiger partial charge in [0.25, 0.3) is 0 Å². The summed E-state index contributed by atoms with van der Waals surface area (Å²) in [5, 5.41) is 4.61. The largest absolute Gasteiger partial charge is 0.493 e. The molecule has 6 nitrogen and oxygen atoms in total. The first-order valence-electron chi connectivity index (χ1n) is 8.34. The second kappa shape index (κ2) is 9.75. The molecular formula is C20H13Cl3FN3O3. The summed E-state index contributed by atoms with van der Waals surface area (Å²) in [6.07, 6.45) is 1.48. The smallest absolute Gasteiger partial charge is 0.343 e. The van der Waals surface area contributed by atoms with E-state index in [2.05, 4.69) is 15.5 Å². The van der Waals surface area contributed by atoms with Crippen molar-refractivity contribution < 1.29 is 18.7 Å². The Labute approximate surface area is 186 Å². The van der Waals surface area contributed by atoms with E-state index >= 15 is 0 Å². The number of ether oxygens (including phenoxy) is 2. The van der Waals surface area contributed by atoms with E-state index in [-0.39, 0.29) is 32.3 Å². The van der Waals surface area contributed by atoms with Crippen LogP contribution in [0.1, 0.15) is 15.9 Å². The molecule has 154 valence electrons. The summed E-state index contributed by atoms with van der Waals surface area (Å²) >= 11 is 17.7. The van der Waals surface area contributed by atoms with Crippen LogP contribution in [0.15, 0.2) is 53.6 Å². The number of pyridine rings is 1. The van der Waals surface area contributed by atoms with E-state index in [0.717, 1.165) is 0 Å². The van der Waals surface area contributed by atoms with E-state index < -0.39 is 11.8 Å². The summed E-state index contributed by atoms with van der Waals surface area (Å²) in [6, 6.07) is 11.3. The van der Waals surface area contributed by atoms with Gasteiger partial charge in [-0.15, -0.1) is 0 Å². The SMILES string of the molecule is COc1cc(C=NNc2nc(Cl)c(Cl)cc2Cl)ccc1OC(=O)c1ccc(F)cc1. The number of hydrogen-bond donors (Lipinski definition) is 1. The minimum Gasteiger partial charge on any atom is -0.493 e. The molecular weight excluding hydrogens is 456 g/mol. The summed E-state index contributed by atoms with van der Waals surface area (Å²) in [4.78, 5) is 16.2. The van der Waals surface area contributed by atoms with Crippen molar-refractivity contribution >= 4 is 52.8 Å². The number of carbonyl (C=O) groups is 1. The second-order valence-corrected chi connectivity index (χ2v) is 6.94. The maximum Gasteiger partial charge on any atom is 0.343 e. The molecule has 0 atom stereocenters. The molecule has 1 heterocycles. The van der Waals surface area contributed by atoms with E-state index in [9.17, 15) is 9.18 Å². The lowest BCUT2D eigenvalue weighted by atomic mass is 10.2. The van der Waals surface area contributed by atoms with Crippen molar-refractivity contribution in [3.8, 4) is 11.5 Å². The van der Waals surface area contributed by atoms with Gasteiger partial charge in [-0.2, -0.15) is 5.10 Å². The molecule has 0 aliphatic heterocycles. The summed E-state index contributed by atoms with van der Waals surface area (Å²) in [7, 11) is 1.43. The average Bonchev–Trinajstić information content (AvgIpc) is 2.73. The second-order valence-electron chi connectivity index (χ2n) is 5.77. The third kappa shape index (κ3) is 5.38. The molecule has 0 aliphatic rings. The predicted octanol–water partition coefficient (Wildman–Crippen LogP) is 5.85. The maximum atomic E-state index is 13.0. The zero-order chi connectivity index (χ0) is 21.7. The van der Waals surface area contributed by atoms with Gasteiger partial charge in [-0.3, -0.25) is 5.43 Å². The molecule has 1 aromatic heterocycles. The molecule has 3 aromatic rings. The number of carbonyl (C=O) groups excluding carboxylic acids is 1. The van der Waals surface area contributed by atoms with Gasteiger partial charge in [-0.1, -0.05) is 34.8 Å². The van der Waals surface area contributed by atoms with Gasteiger partial charge in [0.2, 0.25) is 0 Å². The number of benzene rings is 2. The molecule has 0 bridgehead atoms. The standard InChI is InChI=1S/C20H13Cl3FN3O3/c1-29-17-8-11(10-25-27-19-15(22)9-14(21)18(23)26-19)2-7-16(17)30-20(28)12-3-5-13(24)6-4-12/h2-10H,1H3,(H,26,27). The van der Waals surface area contributed by atoms with Crippen molar-refractivity contribution in [1.82, 2.24) is 4.98 Å². The fourth-order valence-electron chi connectivity index (χ4n) is 2.28. The summed E-state index contributed by atoms with van der Waals surface area (Å²) in [6.45, 7) is 0. The van der Waals surface area contributed by atoms with E-state index in [1.165, 1.54) is 43.7 Å². The fraction of sp³-hybridized carbons (Fsp3) is 0.0500. The van der Waals surface area contributed by atoms with Crippen molar-refractivity contribution in [3.05, 3.63) is 80.7 Å². The van der Waals surface area contributed by atoms with Crippen LogP contribution < -0.4 is 14.9 Å². The number of esters is 1. The Balaban J connectivity index is 1.72. The highest BCUT2D eigenvalue weighted by atomic mass is 35.5. The average molecular weight is 469 g/mol. The number of hydrazone groups is 1. The molecule has 2 aromatic carbocycles. The van der Waals surface area contributed by atoms with Crippen LogP contribution in [-0.2, 0) is 0 Å². The Morgan fingerprint density at radius 1 is 1.07 bits per heavy atom. The zero-order valence-electron chi connectivity index (χ0n) is 15.3. The molecule has 0 amide bonds. The van der Waals surface area contributed by atoms with Gasteiger partial charge >= 0.3 is 5.97 Å². The Morgan fingerprint density at radius 2 is 1.80 bits per heavy atom. The van der Waals surface area contributed by atoms with Crippen molar-refractivity contribution in [2.75, 3.05) is 12.5 Å². The highest BCUT2D eigenvalue weighted by Gasteiger charge is 2.13. The molecule has 10 heteroatoms. The molecule has 30 heavy (non-hydrogen) atoms. The Hall–Kier alpha value is -2.87. The van der Waals surface area contributed by atoms with Gasteiger partial charge in [0.05, 0.1) is 28.9 Å². The number of nitrogens with zero attached hydrogens (tertiary/aromatic N) is 2. The summed E-state index contributed by atoms with van der Waals surface area (Å²) in [5.74, 6) is -0.346. The van der Waals surface area contributed by atoms with Crippen molar-refractivity contribution in [3.63, 3.8) is 0 Å². The number of aromatic nitrogens is 1. The molecule has 0 radical (unpaired) electrons. The first-order valence-corrected chi connectivity index (χ1v) is 9.47. The van der Waals surface area contributed by atoms with Gasteiger partial charge in [0.15, 0.2) is 17.3 Å². The van der Waals surface area contributed by atoms with Crippen LogP contribution in [0, 0.1) is 5.82 Å². The van der Waals surface area contributed by atoms with E-state index in [1.807, 2.05) is 0 Å². The van der Waals surface area contributed by atoms with Crippen molar-refractivity contribution in [2.24, 2.45) is 5.10 Å². The van der Waals surface area contributed by atoms with Gasteiger partial charge in [-0.25, -0.2) is 14.2 Å². The van der Waals surface area contributed by atoms with Gasteiger partial charge < -0.3 is 9.47 Å². The van der Waals surface area contributed by atoms with Gasteiger partial charge in [0.1, 0.15) is 11.0 Å². The normalized spacial score (nSPS) is 10.8. The minimum absolute atomic E-state index is 0.0905. The summed E-state index contributed by atoms with van der Waals surface area (Å²) < 4.78 is 23.6. The number of nitrogens with one attached hydrogen (secondary N) is 1. The first kappa shape index (κ1) is 21.8. The minimum atomic E-state index is -0.642. The molecule has 1 N–H and O–H groups in total. The van der Waals surface area contributed by atoms with E-state index in [1.54, 1.807) is 18.2 Å². The number of halogens is 4.